The van der Waals surface area contributed by atoms with Gasteiger partial charge in [0, 0.05) is 0 Å². The lowest BCUT2D eigenvalue weighted by Crippen LogP contribution is -2.27. The number of unbranched alkanes of at least 4 members (excludes halogenated alkanes) is 6. The summed E-state index contributed by atoms with van der Waals surface area (Å²) in [4.78, 5) is 0. The van der Waals surface area contributed by atoms with E-state index in [9.17, 15) is 5.26 Å². The maximum Gasteiger partial charge on any atom is 0.0689 e. The van der Waals surface area contributed by atoms with Crippen molar-refractivity contribution in [2.24, 2.45) is 23.2 Å². The molecule has 1 heteroatoms. The van der Waals surface area contributed by atoms with Gasteiger partial charge in [-0.05, 0) is 56.3 Å². The minimum atomic E-state index is 0.0391. The van der Waals surface area contributed by atoms with Crippen molar-refractivity contribution in [3.8, 4) is 6.07 Å². The van der Waals surface area contributed by atoms with Gasteiger partial charge in [0.15, 0.2) is 0 Å². The summed E-state index contributed by atoms with van der Waals surface area (Å²) < 4.78 is 0. The standard InChI is InChI=1S/C27H49N/c1-3-5-7-8-10-12-24-13-15-26(16-14-24)19-22-27(23-28)20-17-25(18-21-27)11-9-6-4-2/h24-26H,3-22H2,1-2H3. The van der Waals surface area contributed by atoms with Gasteiger partial charge in [-0.15, -0.1) is 0 Å². The Morgan fingerprint density at radius 2 is 1.11 bits per heavy atom. The van der Waals surface area contributed by atoms with E-state index in [1.807, 2.05) is 0 Å². The lowest BCUT2D eigenvalue weighted by Gasteiger charge is -2.37. The molecular weight excluding hydrogens is 338 g/mol. The van der Waals surface area contributed by atoms with Crippen LogP contribution in [0.25, 0.3) is 0 Å². The molecule has 0 N–H and O–H groups in total. The largest absolute Gasteiger partial charge is 0.198 e. The molecule has 0 aromatic heterocycles. The average molecular weight is 388 g/mol. The molecule has 2 saturated carbocycles. The summed E-state index contributed by atoms with van der Waals surface area (Å²) in [5.41, 5.74) is 0.0391. The first-order valence-electron chi connectivity index (χ1n) is 13.1. The van der Waals surface area contributed by atoms with Crippen LogP contribution in [0.3, 0.4) is 0 Å². The highest BCUT2D eigenvalue weighted by Gasteiger charge is 2.36. The molecule has 0 aliphatic heterocycles. The second-order valence-electron chi connectivity index (χ2n) is 10.5. The van der Waals surface area contributed by atoms with Crippen molar-refractivity contribution in [2.75, 3.05) is 0 Å². The fraction of sp³-hybridized carbons (Fsp3) is 0.963. The summed E-state index contributed by atoms with van der Waals surface area (Å²) >= 11 is 0. The smallest absolute Gasteiger partial charge is 0.0689 e. The normalized spacial score (nSPS) is 30.8. The van der Waals surface area contributed by atoms with E-state index in [-0.39, 0.29) is 5.41 Å². The van der Waals surface area contributed by atoms with E-state index in [1.54, 1.807) is 0 Å². The summed E-state index contributed by atoms with van der Waals surface area (Å²) in [7, 11) is 0. The summed E-state index contributed by atoms with van der Waals surface area (Å²) in [5.74, 6) is 2.85. The number of rotatable bonds is 13. The minimum absolute atomic E-state index is 0.0391. The summed E-state index contributed by atoms with van der Waals surface area (Å²) in [6.07, 6.45) is 27.5. The third-order valence-electron chi connectivity index (χ3n) is 8.23. The molecule has 0 bridgehead atoms. The number of hydrogen-bond acceptors (Lipinski definition) is 1. The van der Waals surface area contributed by atoms with Crippen molar-refractivity contribution in [3.05, 3.63) is 0 Å². The van der Waals surface area contributed by atoms with Crippen LogP contribution in [0.1, 0.15) is 142 Å². The first-order chi connectivity index (χ1) is 13.7. The fourth-order valence-corrected chi connectivity index (χ4v) is 5.95. The summed E-state index contributed by atoms with van der Waals surface area (Å²) in [5, 5.41) is 9.92. The predicted octanol–water partition coefficient (Wildman–Crippen LogP) is 9.21. The van der Waals surface area contributed by atoms with Crippen LogP contribution in [0, 0.1) is 34.5 Å². The highest BCUT2D eigenvalue weighted by Crippen LogP contribution is 2.45. The van der Waals surface area contributed by atoms with E-state index in [4.69, 9.17) is 0 Å². The van der Waals surface area contributed by atoms with Gasteiger partial charge in [0.25, 0.3) is 0 Å². The molecular formula is C27H49N. The van der Waals surface area contributed by atoms with Gasteiger partial charge in [-0.3, -0.25) is 0 Å². The Morgan fingerprint density at radius 3 is 1.68 bits per heavy atom. The van der Waals surface area contributed by atoms with Crippen molar-refractivity contribution in [2.45, 2.75) is 142 Å². The van der Waals surface area contributed by atoms with Crippen LogP contribution in [0.15, 0.2) is 0 Å². The van der Waals surface area contributed by atoms with E-state index >= 15 is 0 Å². The molecule has 2 aliphatic rings. The Labute approximate surface area is 177 Å². The van der Waals surface area contributed by atoms with E-state index in [2.05, 4.69) is 19.9 Å². The molecule has 0 atom stereocenters. The SMILES string of the molecule is CCCCCCCC1CCC(CCC2(C#N)CCC(CCCCC)CC2)CC1. The van der Waals surface area contributed by atoms with Crippen molar-refractivity contribution in [1.29, 1.82) is 5.26 Å². The second kappa shape index (κ2) is 13.7. The number of nitrogens with zero attached hydrogens (tertiary/aromatic N) is 1. The third kappa shape index (κ3) is 8.47. The van der Waals surface area contributed by atoms with Gasteiger partial charge in [-0.2, -0.15) is 5.26 Å². The van der Waals surface area contributed by atoms with E-state index < -0.39 is 0 Å². The molecule has 0 aromatic carbocycles. The fourth-order valence-electron chi connectivity index (χ4n) is 5.95. The maximum absolute atomic E-state index is 9.92. The Kier molecular flexibility index (Phi) is 11.6. The molecule has 0 saturated heterocycles. The van der Waals surface area contributed by atoms with Gasteiger partial charge in [0.05, 0.1) is 11.5 Å². The van der Waals surface area contributed by atoms with E-state index in [1.165, 1.54) is 128 Å². The van der Waals surface area contributed by atoms with Crippen LogP contribution in [-0.4, -0.2) is 0 Å². The third-order valence-corrected chi connectivity index (χ3v) is 8.23. The van der Waals surface area contributed by atoms with Crippen molar-refractivity contribution in [3.63, 3.8) is 0 Å². The van der Waals surface area contributed by atoms with Crippen LogP contribution < -0.4 is 0 Å². The molecule has 28 heavy (non-hydrogen) atoms. The molecule has 1 nitrogen and oxygen atoms in total. The van der Waals surface area contributed by atoms with Crippen LogP contribution >= 0.6 is 0 Å². The Morgan fingerprint density at radius 1 is 0.643 bits per heavy atom. The summed E-state index contributed by atoms with van der Waals surface area (Å²) in [6, 6.07) is 2.80. The second-order valence-corrected chi connectivity index (χ2v) is 10.5. The number of hydrogen-bond donors (Lipinski definition) is 0. The Hall–Kier alpha value is -0.510. The van der Waals surface area contributed by atoms with Crippen molar-refractivity contribution in [1.82, 2.24) is 0 Å². The zero-order chi connectivity index (χ0) is 20.1. The minimum Gasteiger partial charge on any atom is -0.198 e. The van der Waals surface area contributed by atoms with Gasteiger partial charge < -0.3 is 0 Å². The quantitative estimate of drug-likeness (QED) is 0.289. The average Bonchev–Trinajstić information content (AvgIpc) is 2.74. The first-order valence-corrected chi connectivity index (χ1v) is 13.1. The Bertz CT molecular complexity index is 418. The van der Waals surface area contributed by atoms with Crippen LogP contribution in [0.2, 0.25) is 0 Å². The van der Waals surface area contributed by atoms with Gasteiger partial charge in [-0.25, -0.2) is 0 Å². The van der Waals surface area contributed by atoms with Gasteiger partial charge in [0.1, 0.15) is 0 Å². The topological polar surface area (TPSA) is 23.8 Å². The van der Waals surface area contributed by atoms with Crippen molar-refractivity contribution >= 4 is 0 Å². The molecule has 0 heterocycles. The maximum atomic E-state index is 9.92. The molecule has 0 aromatic rings. The van der Waals surface area contributed by atoms with Crippen LogP contribution in [0.5, 0.6) is 0 Å². The lowest BCUT2D eigenvalue weighted by atomic mass is 9.66. The lowest BCUT2D eigenvalue weighted by molar-refractivity contribution is 0.162. The van der Waals surface area contributed by atoms with Gasteiger partial charge in [0.2, 0.25) is 0 Å². The molecule has 0 radical (unpaired) electrons. The molecule has 162 valence electrons. The molecule has 2 rings (SSSR count). The molecule has 2 fully saturated rings. The zero-order valence-electron chi connectivity index (χ0n) is 19.3. The van der Waals surface area contributed by atoms with Gasteiger partial charge >= 0.3 is 0 Å². The zero-order valence-corrected chi connectivity index (χ0v) is 19.3. The summed E-state index contributed by atoms with van der Waals surface area (Å²) in [6.45, 7) is 4.60. The molecule has 0 amide bonds. The highest BCUT2D eigenvalue weighted by atomic mass is 14.4. The first kappa shape index (κ1) is 23.8. The molecule has 0 spiro atoms. The molecule has 0 unspecified atom stereocenters. The van der Waals surface area contributed by atoms with Gasteiger partial charge in [-0.1, -0.05) is 104 Å². The highest BCUT2D eigenvalue weighted by molar-refractivity contribution is 5.01. The number of nitriles is 1. The predicted molar refractivity (Wildman–Crippen MR) is 122 cm³/mol. The van der Waals surface area contributed by atoms with Crippen LogP contribution in [0.4, 0.5) is 0 Å². The monoisotopic (exact) mass is 387 g/mol. The Balaban J connectivity index is 1.60. The van der Waals surface area contributed by atoms with E-state index in [0.717, 1.165) is 17.8 Å². The molecule has 2 aliphatic carbocycles. The van der Waals surface area contributed by atoms with E-state index in [0.29, 0.717) is 0 Å². The van der Waals surface area contributed by atoms with Crippen LogP contribution in [-0.2, 0) is 0 Å². The van der Waals surface area contributed by atoms with Crippen molar-refractivity contribution < 1.29 is 0 Å².